The smallest absolute Gasteiger partial charge is 0.129 e. The Bertz CT molecular complexity index is 589. The fourth-order valence-electron chi connectivity index (χ4n) is 1.96. The van der Waals surface area contributed by atoms with Crippen LogP contribution in [0.2, 0.25) is 0 Å². The van der Waals surface area contributed by atoms with E-state index in [9.17, 15) is 5.11 Å². The van der Waals surface area contributed by atoms with Crippen LogP contribution < -0.4 is 0 Å². The number of aromatic nitrogens is 2. The van der Waals surface area contributed by atoms with Crippen LogP contribution in [-0.4, -0.2) is 14.9 Å². The second-order valence-corrected chi connectivity index (χ2v) is 5.08. The molecule has 0 bridgehead atoms. The first-order valence-corrected chi connectivity index (χ1v) is 6.17. The fourth-order valence-corrected chi connectivity index (χ4v) is 2.70. The van der Waals surface area contributed by atoms with Crippen LogP contribution >= 0.6 is 15.9 Å². The molecule has 1 aromatic carbocycles. The second-order valence-electron chi connectivity index (χ2n) is 4.23. The van der Waals surface area contributed by atoms with Crippen LogP contribution in [0.1, 0.15) is 23.7 Å². The normalized spacial score (nSPS) is 13.9. The highest BCUT2D eigenvalue weighted by molar-refractivity contribution is 9.10. The number of benzene rings is 1. The Morgan fingerprint density at radius 1 is 1.39 bits per heavy atom. The molecule has 1 unspecified atom stereocenters. The molecule has 4 nitrogen and oxygen atoms in total. The van der Waals surface area contributed by atoms with Crippen LogP contribution in [0.25, 0.3) is 0 Å². The van der Waals surface area contributed by atoms with E-state index in [0.717, 1.165) is 4.47 Å². The average molecular weight is 306 g/mol. The lowest BCUT2D eigenvalue weighted by molar-refractivity contribution is 0.0921. The van der Waals surface area contributed by atoms with Crippen molar-refractivity contribution in [1.82, 2.24) is 9.78 Å². The van der Waals surface area contributed by atoms with Gasteiger partial charge in [-0.25, -0.2) is 0 Å². The molecule has 1 heterocycles. The summed E-state index contributed by atoms with van der Waals surface area (Å²) in [7, 11) is 1.78. The summed E-state index contributed by atoms with van der Waals surface area (Å²) < 4.78 is 2.38. The minimum absolute atomic E-state index is 0.568. The van der Waals surface area contributed by atoms with E-state index >= 15 is 0 Å². The number of nitriles is 1. The molecule has 0 aliphatic carbocycles. The molecule has 2 rings (SSSR count). The number of rotatable bonds is 2. The molecule has 0 radical (unpaired) electrons. The summed E-state index contributed by atoms with van der Waals surface area (Å²) in [6.07, 6.45) is 1.65. The summed E-state index contributed by atoms with van der Waals surface area (Å²) in [5.74, 6) is 0. The molecule has 1 aromatic heterocycles. The number of halogens is 1. The van der Waals surface area contributed by atoms with Gasteiger partial charge in [-0.2, -0.15) is 10.4 Å². The van der Waals surface area contributed by atoms with Crippen molar-refractivity contribution in [1.29, 1.82) is 5.26 Å². The Morgan fingerprint density at radius 2 is 2.00 bits per heavy atom. The molecular formula is C13H12BrN3O. The molecule has 18 heavy (non-hydrogen) atoms. The maximum atomic E-state index is 10.7. The van der Waals surface area contributed by atoms with Gasteiger partial charge in [-0.05, 0) is 40.5 Å². The van der Waals surface area contributed by atoms with Crippen LogP contribution in [0.4, 0.5) is 0 Å². The van der Waals surface area contributed by atoms with E-state index in [-0.39, 0.29) is 0 Å². The molecule has 1 N–H and O–H groups in total. The van der Waals surface area contributed by atoms with Crippen molar-refractivity contribution >= 4 is 15.9 Å². The molecule has 0 amide bonds. The molecular weight excluding hydrogens is 294 g/mol. The van der Waals surface area contributed by atoms with E-state index in [1.807, 2.05) is 0 Å². The number of aliphatic hydroxyl groups is 1. The van der Waals surface area contributed by atoms with Crippen LogP contribution in [0.15, 0.2) is 34.9 Å². The molecule has 92 valence electrons. The van der Waals surface area contributed by atoms with E-state index < -0.39 is 5.60 Å². The van der Waals surface area contributed by atoms with Gasteiger partial charge in [0, 0.05) is 7.05 Å². The minimum atomic E-state index is -1.17. The molecule has 0 saturated carbocycles. The first-order chi connectivity index (χ1) is 8.46. The molecule has 2 aromatic rings. The molecule has 0 fully saturated rings. The Kier molecular flexibility index (Phi) is 3.24. The average Bonchev–Trinajstić information content (AvgIpc) is 2.69. The van der Waals surface area contributed by atoms with Crippen LogP contribution in [0, 0.1) is 11.3 Å². The third-order valence-electron chi connectivity index (χ3n) is 2.93. The number of hydrogen-bond donors (Lipinski definition) is 1. The van der Waals surface area contributed by atoms with Gasteiger partial charge in [0.15, 0.2) is 0 Å². The van der Waals surface area contributed by atoms with Gasteiger partial charge in [-0.1, -0.05) is 12.1 Å². The number of hydrogen-bond acceptors (Lipinski definition) is 3. The van der Waals surface area contributed by atoms with Crippen molar-refractivity contribution in [2.45, 2.75) is 12.5 Å². The Morgan fingerprint density at radius 3 is 2.44 bits per heavy atom. The Balaban J connectivity index is 2.51. The first kappa shape index (κ1) is 12.8. The summed E-state index contributed by atoms with van der Waals surface area (Å²) in [4.78, 5) is 0. The largest absolute Gasteiger partial charge is 0.379 e. The fraction of sp³-hybridized carbons (Fsp3) is 0.231. The van der Waals surface area contributed by atoms with E-state index in [2.05, 4.69) is 27.1 Å². The van der Waals surface area contributed by atoms with Crippen molar-refractivity contribution in [2.24, 2.45) is 7.05 Å². The third-order valence-corrected chi connectivity index (χ3v) is 3.51. The van der Waals surface area contributed by atoms with Crippen molar-refractivity contribution in [2.75, 3.05) is 0 Å². The van der Waals surface area contributed by atoms with Crippen LogP contribution in [0.5, 0.6) is 0 Å². The van der Waals surface area contributed by atoms with Gasteiger partial charge in [0.05, 0.1) is 28.0 Å². The van der Waals surface area contributed by atoms with Gasteiger partial charge in [0.2, 0.25) is 0 Å². The lowest BCUT2D eigenvalue weighted by Crippen LogP contribution is -2.26. The highest BCUT2D eigenvalue weighted by Crippen LogP contribution is 2.33. The van der Waals surface area contributed by atoms with Crippen molar-refractivity contribution in [3.8, 4) is 6.07 Å². The van der Waals surface area contributed by atoms with Crippen LogP contribution in [0.3, 0.4) is 0 Å². The van der Waals surface area contributed by atoms with E-state index in [0.29, 0.717) is 16.8 Å². The van der Waals surface area contributed by atoms with E-state index in [4.69, 9.17) is 5.26 Å². The van der Waals surface area contributed by atoms with Gasteiger partial charge in [-0.15, -0.1) is 0 Å². The Labute approximate surface area is 114 Å². The zero-order valence-corrected chi connectivity index (χ0v) is 11.6. The zero-order valence-electron chi connectivity index (χ0n) is 10.1. The molecule has 0 aliphatic heterocycles. The molecule has 1 atom stereocenters. The highest BCUT2D eigenvalue weighted by atomic mass is 79.9. The first-order valence-electron chi connectivity index (χ1n) is 5.38. The summed E-state index contributed by atoms with van der Waals surface area (Å²) >= 11 is 3.38. The van der Waals surface area contributed by atoms with E-state index in [1.54, 1.807) is 49.1 Å². The lowest BCUT2D eigenvalue weighted by Gasteiger charge is -2.24. The van der Waals surface area contributed by atoms with Gasteiger partial charge >= 0.3 is 0 Å². The van der Waals surface area contributed by atoms with Gasteiger partial charge < -0.3 is 5.11 Å². The second kappa shape index (κ2) is 4.56. The third kappa shape index (κ3) is 2.05. The summed E-state index contributed by atoms with van der Waals surface area (Å²) in [5, 5.41) is 23.6. The standard InChI is InChI=1S/C13H12BrN3O/c1-13(18,12-11(14)8-16-17(12)2)10-5-3-9(7-15)4-6-10/h3-6,8,18H,1-2H3. The summed E-state index contributed by atoms with van der Waals surface area (Å²) in [6, 6.07) is 8.93. The topological polar surface area (TPSA) is 61.8 Å². The van der Waals surface area contributed by atoms with Crippen LogP contribution in [-0.2, 0) is 12.6 Å². The van der Waals surface area contributed by atoms with Gasteiger partial charge in [0.25, 0.3) is 0 Å². The van der Waals surface area contributed by atoms with Gasteiger partial charge in [0.1, 0.15) is 5.60 Å². The highest BCUT2D eigenvalue weighted by Gasteiger charge is 2.31. The molecule has 0 aliphatic rings. The monoisotopic (exact) mass is 305 g/mol. The zero-order chi connectivity index (χ0) is 13.3. The summed E-state index contributed by atoms with van der Waals surface area (Å²) in [5.41, 5.74) is 0.787. The number of aryl methyl sites for hydroxylation is 1. The molecule has 0 spiro atoms. The molecule has 5 heteroatoms. The maximum Gasteiger partial charge on any atom is 0.129 e. The van der Waals surface area contributed by atoms with Crippen molar-refractivity contribution < 1.29 is 5.11 Å². The van der Waals surface area contributed by atoms with Gasteiger partial charge in [-0.3, -0.25) is 4.68 Å². The predicted molar refractivity (Wildman–Crippen MR) is 70.7 cm³/mol. The predicted octanol–water partition coefficient (Wildman–Crippen LogP) is 2.31. The summed E-state index contributed by atoms with van der Waals surface area (Å²) in [6.45, 7) is 1.70. The number of nitrogens with zero attached hydrogens (tertiary/aromatic N) is 3. The lowest BCUT2D eigenvalue weighted by atomic mass is 9.92. The molecule has 0 saturated heterocycles. The SMILES string of the molecule is Cn1ncc(Br)c1C(C)(O)c1ccc(C#N)cc1. The maximum absolute atomic E-state index is 10.7. The quantitative estimate of drug-likeness (QED) is 0.926. The Hall–Kier alpha value is -1.64. The van der Waals surface area contributed by atoms with E-state index in [1.165, 1.54) is 0 Å². The van der Waals surface area contributed by atoms with Crippen molar-refractivity contribution in [3.63, 3.8) is 0 Å². The minimum Gasteiger partial charge on any atom is -0.379 e. The van der Waals surface area contributed by atoms with Crippen molar-refractivity contribution in [3.05, 3.63) is 51.8 Å².